The van der Waals surface area contributed by atoms with Gasteiger partial charge in [-0.3, -0.25) is 9.59 Å². The van der Waals surface area contributed by atoms with Gasteiger partial charge in [0.25, 0.3) is 5.91 Å². The second-order valence-electron chi connectivity index (χ2n) is 7.33. The molecule has 0 radical (unpaired) electrons. The lowest BCUT2D eigenvalue weighted by atomic mass is 10.0. The van der Waals surface area contributed by atoms with Crippen molar-refractivity contribution in [1.82, 2.24) is 0 Å². The van der Waals surface area contributed by atoms with Crippen LogP contribution in [0.1, 0.15) is 48.2 Å². The number of nitrogens with one attached hydrogen (secondary N) is 1. The zero-order valence-corrected chi connectivity index (χ0v) is 17.9. The first-order chi connectivity index (χ1) is 14.4. The van der Waals surface area contributed by atoms with Crippen LogP contribution in [0.4, 0.5) is 5.69 Å². The molecule has 0 spiro atoms. The number of carbonyl (C=O) groups is 2. The van der Waals surface area contributed by atoms with Gasteiger partial charge in [0.15, 0.2) is 11.9 Å². The molecule has 1 atom stereocenters. The summed E-state index contributed by atoms with van der Waals surface area (Å²) in [6.07, 6.45) is -0.750. The van der Waals surface area contributed by atoms with Gasteiger partial charge in [0.2, 0.25) is 0 Å². The number of benzene rings is 3. The number of carbonyl (C=O) groups excluding carboxylic acids is 2. The zero-order valence-electron chi connectivity index (χ0n) is 17.2. The minimum absolute atomic E-state index is 0.216. The lowest BCUT2D eigenvalue weighted by molar-refractivity contribution is -0.122. The van der Waals surface area contributed by atoms with Gasteiger partial charge in [-0.2, -0.15) is 0 Å². The number of hydrogen-bond donors (Lipinski definition) is 1. The number of para-hydroxylation sites is 1. The van der Waals surface area contributed by atoms with Crippen LogP contribution in [0.25, 0.3) is 0 Å². The highest BCUT2D eigenvalue weighted by molar-refractivity contribution is 6.31. The maximum absolute atomic E-state index is 12.9. The van der Waals surface area contributed by atoms with E-state index in [9.17, 15) is 9.59 Å². The summed E-state index contributed by atoms with van der Waals surface area (Å²) in [5.74, 6) is 0.375. The van der Waals surface area contributed by atoms with Gasteiger partial charge < -0.3 is 10.1 Å². The third-order valence-electron chi connectivity index (χ3n) is 4.73. The van der Waals surface area contributed by atoms with Gasteiger partial charge in [-0.15, -0.1) is 0 Å². The van der Waals surface area contributed by atoms with E-state index < -0.39 is 6.10 Å². The summed E-state index contributed by atoms with van der Waals surface area (Å²) in [7, 11) is 0. The van der Waals surface area contributed by atoms with E-state index in [1.165, 1.54) is 0 Å². The fraction of sp³-hybridized carbons (Fsp3) is 0.200. The first-order valence-electron chi connectivity index (χ1n) is 9.82. The highest BCUT2D eigenvalue weighted by atomic mass is 35.5. The van der Waals surface area contributed by atoms with Gasteiger partial charge in [-0.1, -0.05) is 74.0 Å². The highest BCUT2D eigenvalue weighted by Gasteiger charge is 2.21. The topological polar surface area (TPSA) is 55.4 Å². The molecule has 3 rings (SSSR count). The van der Waals surface area contributed by atoms with Crippen molar-refractivity contribution in [3.05, 3.63) is 94.5 Å². The van der Waals surface area contributed by atoms with Crippen LogP contribution >= 0.6 is 11.6 Å². The summed E-state index contributed by atoms with van der Waals surface area (Å²) < 4.78 is 5.93. The molecular formula is C25H24ClNO3. The quantitative estimate of drug-likeness (QED) is 0.469. The molecule has 0 unspecified atom stereocenters. The lowest BCUT2D eigenvalue weighted by Gasteiger charge is -2.19. The zero-order chi connectivity index (χ0) is 21.7. The molecular weight excluding hydrogens is 398 g/mol. The Balaban J connectivity index is 1.81. The van der Waals surface area contributed by atoms with Gasteiger partial charge >= 0.3 is 0 Å². The molecule has 0 aliphatic heterocycles. The van der Waals surface area contributed by atoms with Crippen molar-refractivity contribution >= 4 is 29.0 Å². The van der Waals surface area contributed by atoms with Crippen molar-refractivity contribution < 1.29 is 14.3 Å². The fourth-order valence-electron chi connectivity index (χ4n) is 3.10. The van der Waals surface area contributed by atoms with Crippen LogP contribution in [-0.2, 0) is 4.79 Å². The minimum Gasteiger partial charge on any atom is -0.481 e. The monoisotopic (exact) mass is 421 g/mol. The van der Waals surface area contributed by atoms with Crippen molar-refractivity contribution in [1.29, 1.82) is 0 Å². The highest BCUT2D eigenvalue weighted by Crippen LogP contribution is 2.28. The molecule has 5 heteroatoms. The van der Waals surface area contributed by atoms with Gasteiger partial charge in [-0.05, 0) is 42.7 Å². The van der Waals surface area contributed by atoms with E-state index >= 15 is 0 Å². The maximum Gasteiger partial charge on any atom is 0.265 e. The Morgan fingerprint density at radius 3 is 2.27 bits per heavy atom. The van der Waals surface area contributed by atoms with E-state index in [1.54, 1.807) is 49.4 Å². The van der Waals surface area contributed by atoms with Crippen molar-refractivity contribution in [3.63, 3.8) is 0 Å². The summed E-state index contributed by atoms with van der Waals surface area (Å²) in [6.45, 7) is 5.82. The van der Waals surface area contributed by atoms with Gasteiger partial charge in [-0.25, -0.2) is 0 Å². The summed E-state index contributed by atoms with van der Waals surface area (Å²) in [6, 6.07) is 21.4. The van der Waals surface area contributed by atoms with E-state index in [-0.39, 0.29) is 17.6 Å². The molecule has 0 aliphatic rings. The van der Waals surface area contributed by atoms with Crippen LogP contribution in [0, 0.1) is 0 Å². The lowest BCUT2D eigenvalue weighted by Crippen LogP contribution is -2.31. The van der Waals surface area contributed by atoms with Crippen molar-refractivity contribution in [2.24, 2.45) is 0 Å². The largest absolute Gasteiger partial charge is 0.481 e. The normalized spacial score (nSPS) is 11.8. The Labute approximate surface area is 181 Å². The molecule has 4 nitrogen and oxygen atoms in total. The van der Waals surface area contributed by atoms with Gasteiger partial charge in [0.1, 0.15) is 5.75 Å². The van der Waals surface area contributed by atoms with Gasteiger partial charge in [0.05, 0.1) is 5.69 Å². The Bertz CT molecular complexity index is 1050. The molecule has 1 N–H and O–H groups in total. The van der Waals surface area contributed by atoms with E-state index in [0.29, 0.717) is 27.6 Å². The molecule has 0 heterocycles. The van der Waals surface area contributed by atoms with E-state index in [4.69, 9.17) is 16.3 Å². The minimum atomic E-state index is -0.750. The van der Waals surface area contributed by atoms with E-state index in [0.717, 1.165) is 5.56 Å². The Morgan fingerprint density at radius 2 is 1.57 bits per heavy atom. The molecule has 3 aromatic rings. The number of amides is 1. The van der Waals surface area contributed by atoms with Gasteiger partial charge in [0, 0.05) is 16.1 Å². The molecule has 0 aromatic heterocycles. The number of rotatable bonds is 7. The average molecular weight is 422 g/mol. The fourth-order valence-corrected chi connectivity index (χ4v) is 3.27. The SMILES string of the molecule is CC(C)c1ccccc1O[C@@H](C)C(=O)Nc1ccc(Cl)cc1C(=O)c1ccccc1. The predicted molar refractivity (Wildman–Crippen MR) is 121 cm³/mol. The van der Waals surface area contributed by atoms with Crippen molar-refractivity contribution in [2.75, 3.05) is 5.32 Å². The third kappa shape index (κ3) is 5.08. The first kappa shape index (κ1) is 21.6. The Morgan fingerprint density at radius 1 is 0.900 bits per heavy atom. The summed E-state index contributed by atoms with van der Waals surface area (Å²) in [5, 5.41) is 3.23. The van der Waals surface area contributed by atoms with Crippen molar-refractivity contribution in [3.8, 4) is 5.75 Å². The van der Waals surface area contributed by atoms with Crippen LogP contribution in [0.15, 0.2) is 72.8 Å². The van der Waals surface area contributed by atoms with Crippen LogP contribution in [0.3, 0.4) is 0 Å². The molecule has 0 aliphatic carbocycles. The summed E-state index contributed by atoms with van der Waals surface area (Å²) >= 11 is 6.11. The standard InChI is InChI=1S/C25H24ClNO3/c1-16(2)20-11-7-8-12-23(20)30-17(3)25(29)27-22-14-13-19(26)15-21(22)24(28)18-9-5-4-6-10-18/h4-17H,1-3H3,(H,27,29)/t17-/m0/s1. The number of ketones is 1. The van der Waals surface area contributed by atoms with Crippen LogP contribution in [-0.4, -0.2) is 17.8 Å². The number of halogens is 1. The Hall–Kier alpha value is -3.11. The molecule has 0 saturated heterocycles. The predicted octanol–water partition coefficient (Wildman–Crippen LogP) is 6.10. The molecule has 0 saturated carbocycles. The average Bonchev–Trinajstić information content (AvgIpc) is 2.75. The van der Waals surface area contributed by atoms with Crippen molar-refractivity contribution in [2.45, 2.75) is 32.8 Å². The van der Waals surface area contributed by atoms with E-state index in [1.807, 2.05) is 30.3 Å². The first-order valence-corrected chi connectivity index (χ1v) is 10.2. The number of hydrogen-bond acceptors (Lipinski definition) is 3. The molecule has 0 fully saturated rings. The van der Waals surface area contributed by atoms with E-state index in [2.05, 4.69) is 19.2 Å². The second kappa shape index (κ2) is 9.59. The van der Waals surface area contributed by atoms with Crippen LogP contribution in [0.5, 0.6) is 5.75 Å². The summed E-state index contributed by atoms with van der Waals surface area (Å²) in [4.78, 5) is 25.8. The number of ether oxygens (including phenoxy) is 1. The summed E-state index contributed by atoms with van der Waals surface area (Å²) in [5.41, 5.74) is 2.27. The smallest absolute Gasteiger partial charge is 0.265 e. The van der Waals surface area contributed by atoms with Crippen LogP contribution < -0.4 is 10.1 Å². The molecule has 3 aromatic carbocycles. The third-order valence-corrected chi connectivity index (χ3v) is 4.97. The molecule has 30 heavy (non-hydrogen) atoms. The molecule has 1 amide bonds. The van der Waals surface area contributed by atoms with Crippen LogP contribution in [0.2, 0.25) is 5.02 Å². The molecule has 0 bridgehead atoms. The maximum atomic E-state index is 12.9. The molecule has 154 valence electrons. The Kier molecular flexibility index (Phi) is 6.91. The second-order valence-corrected chi connectivity index (χ2v) is 7.76. The number of anilines is 1.